The van der Waals surface area contributed by atoms with Crippen LogP contribution in [0.25, 0.3) is 11.0 Å². The number of carbonyl (C=O) groups excluding carboxylic acids is 1. The minimum Gasteiger partial charge on any atom is -0.494 e. The van der Waals surface area contributed by atoms with E-state index in [0.717, 1.165) is 26.6 Å². The number of nitrogens with zero attached hydrogens (tertiary/aromatic N) is 2. The average Bonchev–Trinajstić information content (AvgIpc) is 3.14. The van der Waals surface area contributed by atoms with E-state index in [1.807, 2.05) is 62.4 Å². The van der Waals surface area contributed by atoms with Gasteiger partial charge < -0.3 is 9.52 Å². The number of aromatic hydroxyl groups is 1. The first kappa shape index (κ1) is 22.1. The summed E-state index contributed by atoms with van der Waals surface area (Å²) in [7, 11) is 0. The normalized spacial score (nSPS) is 11.0. The summed E-state index contributed by atoms with van der Waals surface area (Å²) in [6.45, 7) is 7.31. The molecule has 0 unspecified atom stereocenters. The van der Waals surface area contributed by atoms with E-state index in [4.69, 9.17) is 4.42 Å². The average molecular weight is 440 g/mol. The third-order valence-corrected chi connectivity index (χ3v) is 6.33. The molecule has 0 spiro atoms. The van der Waals surface area contributed by atoms with E-state index < -0.39 is 17.2 Å². The van der Waals surface area contributed by atoms with Crippen LogP contribution in [0.2, 0.25) is 0 Å². The molecular weight excluding hydrogens is 416 g/mol. The van der Waals surface area contributed by atoms with Crippen LogP contribution in [0.1, 0.15) is 49.5 Å². The van der Waals surface area contributed by atoms with Crippen molar-refractivity contribution < 1.29 is 14.3 Å². The first-order valence-electron chi connectivity index (χ1n) is 10.7. The monoisotopic (exact) mass is 440 g/mol. The minimum atomic E-state index is -0.618. The van der Waals surface area contributed by atoms with Crippen LogP contribution in [-0.2, 0) is 13.0 Å². The standard InChI is InChI=1S/C27H24N2O4/c1-15-10-11-20-18(4)25(33-24(20)16(15)2)23(30)22-17(3)21(14-28)26(31)29(27(22)32)13-12-19-8-6-5-7-9-19/h5-11,32H,12-13H2,1-4H3. The topological polar surface area (TPSA) is 96.2 Å². The molecule has 6 heteroatoms. The molecule has 0 aliphatic carbocycles. The number of rotatable bonds is 5. The number of nitriles is 1. The molecule has 2 aromatic heterocycles. The zero-order chi connectivity index (χ0) is 23.9. The van der Waals surface area contributed by atoms with Crippen LogP contribution >= 0.6 is 0 Å². The van der Waals surface area contributed by atoms with E-state index in [1.165, 1.54) is 6.92 Å². The molecule has 2 aromatic carbocycles. The molecule has 0 amide bonds. The van der Waals surface area contributed by atoms with E-state index >= 15 is 0 Å². The van der Waals surface area contributed by atoms with Gasteiger partial charge in [-0.1, -0.05) is 42.5 Å². The molecule has 1 N–H and O–H groups in total. The van der Waals surface area contributed by atoms with Gasteiger partial charge in [0, 0.05) is 17.5 Å². The third-order valence-electron chi connectivity index (χ3n) is 6.33. The van der Waals surface area contributed by atoms with Gasteiger partial charge >= 0.3 is 0 Å². The highest BCUT2D eigenvalue weighted by molar-refractivity contribution is 6.13. The largest absolute Gasteiger partial charge is 0.494 e. The lowest BCUT2D eigenvalue weighted by Crippen LogP contribution is -2.27. The molecular formula is C27H24N2O4. The van der Waals surface area contributed by atoms with Crippen molar-refractivity contribution in [2.24, 2.45) is 0 Å². The lowest BCUT2D eigenvalue weighted by molar-refractivity contribution is 0.100. The number of aromatic nitrogens is 1. The Balaban J connectivity index is 1.87. The van der Waals surface area contributed by atoms with Crippen molar-refractivity contribution in [2.75, 3.05) is 0 Å². The van der Waals surface area contributed by atoms with E-state index in [0.29, 0.717) is 17.6 Å². The summed E-state index contributed by atoms with van der Waals surface area (Å²) in [6, 6.07) is 15.3. The number of carbonyl (C=O) groups is 1. The van der Waals surface area contributed by atoms with Gasteiger partial charge in [-0.3, -0.25) is 14.2 Å². The van der Waals surface area contributed by atoms with Gasteiger partial charge in [-0.25, -0.2) is 0 Å². The number of hydrogen-bond acceptors (Lipinski definition) is 5. The van der Waals surface area contributed by atoms with E-state index in [1.54, 1.807) is 6.92 Å². The molecule has 0 atom stereocenters. The maximum absolute atomic E-state index is 13.6. The van der Waals surface area contributed by atoms with Crippen molar-refractivity contribution in [1.82, 2.24) is 4.57 Å². The summed E-state index contributed by atoms with van der Waals surface area (Å²) in [5.74, 6) is -0.917. The summed E-state index contributed by atoms with van der Waals surface area (Å²) in [4.78, 5) is 26.5. The van der Waals surface area contributed by atoms with Crippen LogP contribution in [0.15, 0.2) is 51.7 Å². The van der Waals surface area contributed by atoms with E-state index in [-0.39, 0.29) is 29.0 Å². The third kappa shape index (κ3) is 3.62. The molecule has 166 valence electrons. The number of aryl methyl sites for hydroxylation is 4. The van der Waals surface area contributed by atoms with Crippen LogP contribution in [-0.4, -0.2) is 15.5 Å². The quantitative estimate of drug-likeness (QED) is 0.446. The number of fused-ring (bicyclic) bond motifs is 1. The van der Waals surface area contributed by atoms with Crippen molar-refractivity contribution in [3.8, 4) is 11.9 Å². The zero-order valence-electron chi connectivity index (χ0n) is 19.0. The second-order valence-electron chi connectivity index (χ2n) is 8.27. The highest BCUT2D eigenvalue weighted by Crippen LogP contribution is 2.33. The summed E-state index contributed by atoms with van der Waals surface area (Å²) in [5.41, 5.74) is 3.48. The van der Waals surface area contributed by atoms with Crippen molar-refractivity contribution in [2.45, 2.75) is 40.7 Å². The molecule has 2 heterocycles. The Morgan fingerprint density at radius 3 is 2.39 bits per heavy atom. The van der Waals surface area contributed by atoms with Gasteiger partial charge in [0.2, 0.25) is 11.7 Å². The summed E-state index contributed by atoms with van der Waals surface area (Å²) >= 11 is 0. The maximum atomic E-state index is 13.6. The number of pyridine rings is 1. The Hall–Kier alpha value is -4.11. The molecule has 0 saturated carbocycles. The van der Waals surface area contributed by atoms with Crippen LogP contribution in [0, 0.1) is 39.0 Å². The lowest BCUT2D eigenvalue weighted by atomic mass is 9.98. The fraction of sp³-hybridized carbons (Fsp3) is 0.222. The number of furan rings is 1. The Bertz CT molecular complexity index is 1500. The van der Waals surface area contributed by atoms with Gasteiger partial charge in [0.25, 0.3) is 5.56 Å². The fourth-order valence-corrected chi connectivity index (χ4v) is 4.16. The van der Waals surface area contributed by atoms with Gasteiger partial charge in [-0.05, 0) is 56.4 Å². The Kier molecular flexibility index (Phi) is 5.65. The lowest BCUT2D eigenvalue weighted by Gasteiger charge is -2.15. The Labute approximate surface area is 191 Å². The summed E-state index contributed by atoms with van der Waals surface area (Å²) in [5, 5.41) is 21.5. The van der Waals surface area contributed by atoms with Gasteiger partial charge in [-0.2, -0.15) is 5.26 Å². The van der Waals surface area contributed by atoms with Crippen LogP contribution in [0.5, 0.6) is 5.88 Å². The van der Waals surface area contributed by atoms with E-state index in [2.05, 4.69) is 0 Å². The molecule has 4 aromatic rings. The smallest absolute Gasteiger partial charge is 0.271 e. The van der Waals surface area contributed by atoms with Crippen molar-refractivity contribution in [3.63, 3.8) is 0 Å². The second-order valence-corrected chi connectivity index (χ2v) is 8.27. The Morgan fingerprint density at radius 1 is 1.03 bits per heavy atom. The number of benzene rings is 2. The van der Waals surface area contributed by atoms with Crippen molar-refractivity contribution >= 4 is 16.8 Å². The maximum Gasteiger partial charge on any atom is 0.271 e. The van der Waals surface area contributed by atoms with Crippen LogP contribution in [0.3, 0.4) is 0 Å². The summed E-state index contributed by atoms with van der Waals surface area (Å²) in [6.07, 6.45) is 0.456. The molecule has 0 aliphatic rings. The van der Waals surface area contributed by atoms with Crippen LogP contribution < -0.4 is 5.56 Å². The van der Waals surface area contributed by atoms with Crippen molar-refractivity contribution in [3.05, 3.63) is 97.5 Å². The van der Waals surface area contributed by atoms with Gasteiger partial charge in [0.05, 0.1) is 5.56 Å². The first-order valence-corrected chi connectivity index (χ1v) is 10.7. The van der Waals surface area contributed by atoms with Gasteiger partial charge in [0.15, 0.2) is 5.76 Å². The predicted octanol–water partition coefficient (Wildman–Crippen LogP) is 4.88. The highest BCUT2D eigenvalue weighted by Gasteiger charge is 2.29. The summed E-state index contributed by atoms with van der Waals surface area (Å²) < 4.78 is 7.08. The molecule has 0 saturated heterocycles. The molecule has 0 fully saturated rings. The molecule has 4 rings (SSSR count). The predicted molar refractivity (Wildman–Crippen MR) is 126 cm³/mol. The molecule has 0 bridgehead atoms. The second kappa shape index (κ2) is 8.44. The highest BCUT2D eigenvalue weighted by atomic mass is 16.3. The molecule has 6 nitrogen and oxygen atoms in total. The minimum absolute atomic E-state index is 0.0873. The SMILES string of the molecule is Cc1ccc2c(C)c(C(=O)c3c(C)c(C#N)c(=O)n(CCc4ccccc4)c3O)oc2c1C. The first-order chi connectivity index (χ1) is 15.8. The van der Waals surface area contributed by atoms with Crippen LogP contribution in [0.4, 0.5) is 0 Å². The van der Waals surface area contributed by atoms with Gasteiger partial charge in [0.1, 0.15) is 17.2 Å². The zero-order valence-corrected chi connectivity index (χ0v) is 19.0. The Morgan fingerprint density at radius 2 is 1.73 bits per heavy atom. The fourth-order valence-electron chi connectivity index (χ4n) is 4.16. The number of ketones is 1. The van der Waals surface area contributed by atoms with E-state index in [9.17, 15) is 20.0 Å². The van der Waals surface area contributed by atoms with Gasteiger partial charge in [-0.15, -0.1) is 0 Å². The molecule has 0 aliphatic heterocycles. The molecule has 33 heavy (non-hydrogen) atoms. The molecule has 0 radical (unpaired) electrons. The van der Waals surface area contributed by atoms with Crippen molar-refractivity contribution in [1.29, 1.82) is 5.26 Å². The number of hydrogen-bond donors (Lipinski definition) is 1.